The van der Waals surface area contributed by atoms with Crippen LogP contribution in [0.4, 0.5) is 16.3 Å². The van der Waals surface area contributed by atoms with Crippen LogP contribution < -0.4 is 15.4 Å². The van der Waals surface area contributed by atoms with Gasteiger partial charge >= 0.3 is 6.09 Å². The van der Waals surface area contributed by atoms with Gasteiger partial charge < -0.3 is 15.4 Å². The molecule has 4 rings (SSSR count). The number of amides is 1. The Labute approximate surface area is 176 Å². The summed E-state index contributed by atoms with van der Waals surface area (Å²) >= 11 is 0. The van der Waals surface area contributed by atoms with Crippen LogP contribution in [0.15, 0.2) is 24.3 Å². The molecular weight excluding hydrogens is 406 g/mol. The van der Waals surface area contributed by atoms with Crippen LogP contribution in [0.5, 0.6) is 0 Å². The first-order chi connectivity index (χ1) is 14.3. The minimum atomic E-state index is -3.25. The second-order valence-electron chi connectivity index (χ2n) is 8.23. The van der Waals surface area contributed by atoms with Gasteiger partial charge in [-0.25, -0.2) is 17.9 Å². The Morgan fingerprint density at radius 3 is 2.87 bits per heavy atom. The number of hydrogen-bond acceptors (Lipinski definition) is 6. The second kappa shape index (κ2) is 8.27. The van der Waals surface area contributed by atoms with E-state index in [1.807, 2.05) is 38.1 Å². The van der Waals surface area contributed by atoms with Crippen LogP contribution in [0.1, 0.15) is 55.8 Å². The molecule has 1 aliphatic carbocycles. The number of H-pyrrole nitrogens is 1. The van der Waals surface area contributed by atoms with E-state index in [4.69, 9.17) is 4.74 Å². The average molecular weight is 434 g/mol. The number of carbonyl (C=O) groups is 1. The molecule has 1 fully saturated rings. The molecule has 0 radical (unpaired) electrons. The number of sulfonamides is 1. The number of ether oxygens (including phenoxy) is 1. The number of anilines is 2. The Morgan fingerprint density at radius 1 is 1.23 bits per heavy atom. The molecule has 9 nitrogen and oxygen atoms in total. The molecule has 1 aliphatic heterocycles. The van der Waals surface area contributed by atoms with E-state index < -0.39 is 10.0 Å². The summed E-state index contributed by atoms with van der Waals surface area (Å²) in [6, 6.07) is 7.71. The lowest BCUT2D eigenvalue weighted by atomic mass is 10.0. The minimum absolute atomic E-state index is 0.0164. The normalized spacial score (nSPS) is 22.5. The molecule has 1 amide bonds. The molecule has 2 aliphatic rings. The molecule has 2 atom stereocenters. The number of fused-ring (bicyclic) bond motifs is 1. The number of carbonyl (C=O) groups excluding carboxylic acids is 1. The number of alkyl carbamates (subject to hydrolysis) is 1. The fourth-order valence-electron chi connectivity index (χ4n) is 3.96. The van der Waals surface area contributed by atoms with Gasteiger partial charge in [0, 0.05) is 36.0 Å². The van der Waals surface area contributed by atoms with Gasteiger partial charge in [0.25, 0.3) is 0 Å². The molecule has 10 heteroatoms. The van der Waals surface area contributed by atoms with Crippen molar-refractivity contribution in [3.05, 3.63) is 41.1 Å². The van der Waals surface area contributed by atoms with E-state index in [-0.39, 0.29) is 29.9 Å². The predicted octanol–water partition coefficient (Wildman–Crippen LogP) is 2.86. The lowest BCUT2D eigenvalue weighted by Gasteiger charge is -2.18. The Kier molecular flexibility index (Phi) is 5.70. The number of hydrogen-bond donors (Lipinski definition) is 4. The van der Waals surface area contributed by atoms with Crippen molar-refractivity contribution in [3.8, 4) is 0 Å². The highest BCUT2D eigenvalue weighted by Gasteiger charge is 2.30. The first-order valence-electron chi connectivity index (χ1n) is 10.2. The van der Waals surface area contributed by atoms with Gasteiger partial charge in [0.15, 0.2) is 5.82 Å². The van der Waals surface area contributed by atoms with Crippen LogP contribution in [0.25, 0.3) is 0 Å². The first-order valence-corrected chi connectivity index (χ1v) is 11.8. The van der Waals surface area contributed by atoms with E-state index >= 15 is 0 Å². The van der Waals surface area contributed by atoms with E-state index in [1.165, 1.54) is 0 Å². The van der Waals surface area contributed by atoms with Crippen molar-refractivity contribution >= 4 is 27.6 Å². The van der Waals surface area contributed by atoms with Crippen LogP contribution >= 0.6 is 0 Å². The Bertz CT molecular complexity index is 1030. The van der Waals surface area contributed by atoms with Crippen molar-refractivity contribution in [1.29, 1.82) is 0 Å². The number of benzene rings is 1. The van der Waals surface area contributed by atoms with E-state index in [1.54, 1.807) is 0 Å². The van der Waals surface area contributed by atoms with Gasteiger partial charge in [0.1, 0.15) is 6.10 Å². The average Bonchev–Trinajstić information content (AvgIpc) is 3.29. The fourth-order valence-corrected chi connectivity index (χ4v) is 5.12. The number of aromatic amines is 1. The lowest BCUT2D eigenvalue weighted by Crippen LogP contribution is -2.33. The molecule has 1 aromatic carbocycles. The summed E-state index contributed by atoms with van der Waals surface area (Å²) in [5, 5.41) is 13.4. The number of aromatic nitrogens is 2. The maximum Gasteiger partial charge on any atom is 0.407 e. The van der Waals surface area contributed by atoms with Crippen LogP contribution in [-0.2, 0) is 27.1 Å². The Hall–Kier alpha value is -2.59. The number of nitrogens with zero attached hydrogens (tertiary/aromatic N) is 1. The summed E-state index contributed by atoms with van der Waals surface area (Å²) in [6.45, 7) is 4.12. The number of rotatable bonds is 5. The smallest absolute Gasteiger partial charge is 0.407 e. The monoisotopic (exact) mass is 433 g/mol. The summed E-state index contributed by atoms with van der Waals surface area (Å²) in [5.41, 5.74) is 3.57. The third kappa shape index (κ3) is 4.93. The SMILES string of the molecule is CC(C)NC(=O)O[C@@H]1CC[C@H](c2cc(Nc3ccc4c(c3)CS(=O)(=O)NC4)n[nH]2)C1. The fraction of sp³-hybridized carbons (Fsp3) is 0.500. The lowest BCUT2D eigenvalue weighted by molar-refractivity contribution is 0.0981. The first kappa shape index (κ1) is 20.7. The summed E-state index contributed by atoms with van der Waals surface area (Å²) < 4.78 is 31.6. The molecular formula is C20H27N5O4S. The summed E-state index contributed by atoms with van der Waals surface area (Å²) in [6.07, 6.45) is 2.05. The van der Waals surface area contributed by atoms with Gasteiger partial charge in [-0.05, 0) is 56.4 Å². The van der Waals surface area contributed by atoms with Crippen LogP contribution in [-0.4, -0.2) is 36.9 Å². The molecule has 0 bridgehead atoms. The molecule has 0 saturated heterocycles. The standard InChI is InChI=1S/C20H27N5O4S/c1-12(2)22-20(26)29-17-6-4-13(8-17)18-9-19(25-24-18)23-16-5-3-14-10-21-30(27,28)11-15(14)7-16/h3,5,7,9,12-13,17,21H,4,6,8,10-11H2,1-2H3,(H,22,26)(H2,23,24,25)/t13-,17+/m0/s1. The van der Waals surface area contributed by atoms with Crippen molar-refractivity contribution in [3.63, 3.8) is 0 Å². The molecule has 1 aromatic heterocycles. The van der Waals surface area contributed by atoms with Crippen molar-refractivity contribution in [1.82, 2.24) is 20.2 Å². The summed E-state index contributed by atoms with van der Waals surface area (Å²) in [7, 11) is -3.25. The van der Waals surface area contributed by atoms with Crippen molar-refractivity contribution < 1.29 is 17.9 Å². The van der Waals surface area contributed by atoms with Gasteiger partial charge in [-0.15, -0.1) is 0 Å². The third-order valence-electron chi connectivity index (χ3n) is 5.41. The largest absolute Gasteiger partial charge is 0.446 e. The Balaban J connectivity index is 1.37. The van der Waals surface area contributed by atoms with Crippen LogP contribution in [0.3, 0.4) is 0 Å². The highest BCUT2D eigenvalue weighted by molar-refractivity contribution is 7.88. The quantitative estimate of drug-likeness (QED) is 0.575. The van der Waals surface area contributed by atoms with Crippen LogP contribution in [0.2, 0.25) is 0 Å². The predicted molar refractivity (Wildman–Crippen MR) is 113 cm³/mol. The highest BCUT2D eigenvalue weighted by atomic mass is 32.2. The molecule has 1 saturated carbocycles. The molecule has 0 unspecified atom stereocenters. The highest BCUT2D eigenvalue weighted by Crippen LogP contribution is 2.36. The van der Waals surface area contributed by atoms with E-state index in [9.17, 15) is 13.2 Å². The van der Waals surface area contributed by atoms with E-state index in [0.717, 1.165) is 41.8 Å². The van der Waals surface area contributed by atoms with Crippen LogP contribution in [0, 0.1) is 0 Å². The van der Waals surface area contributed by atoms with Crippen molar-refractivity contribution in [2.45, 2.75) is 63.5 Å². The summed E-state index contributed by atoms with van der Waals surface area (Å²) in [5.74, 6) is 0.908. The third-order valence-corrected chi connectivity index (χ3v) is 6.68. The molecule has 162 valence electrons. The van der Waals surface area contributed by atoms with Gasteiger partial charge in [-0.2, -0.15) is 5.10 Å². The van der Waals surface area contributed by atoms with Crippen molar-refractivity contribution in [2.24, 2.45) is 0 Å². The van der Waals surface area contributed by atoms with Gasteiger partial charge in [-0.1, -0.05) is 6.07 Å². The zero-order chi connectivity index (χ0) is 21.3. The number of nitrogens with one attached hydrogen (secondary N) is 4. The topological polar surface area (TPSA) is 125 Å². The van der Waals surface area contributed by atoms with E-state index in [2.05, 4.69) is 25.6 Å². The Morgan fingerprint density at radius 2 is 2.07 bits per heavy atom. The molecule has 30 heavy (non-hydrogen) atoms. The van der Waals surface area contributed by atoms with Gasteiger partial charge in [-0.3, -0.25) is 5.10 Å². The maximum absolute atomic E-state index is 11.8. The maximum atomic E-state index is 11.8. The molecule has 2 aromatic rings. The zero-order valence-electron chi connectivity index (χ0n) is 17.1. The van der Waals surface area contributed by atoms with Gasteiger partial charge in [0.05, 0.1) is 5.75 Å². The molecule has 0 spiro atoms. The zero-order valence-corrected chi connectivity index (χ0v) is 17.9. The second-order valence-corrected chi connectivity index (χ2v) is 10.0. The van der Waals surface area contributed by atoms with Crippen molar-refractivity contribution in [2.75, 3.05) is 5.32 Å². The molecule has 2 heterocycles. The molecule has 4 N–H and O–H groups in total. The van der Waals surface area contributed by atoms with Gasteiger partial charge in [0.2, 0.25) is 10.0 Å². The van der Waals surface area contributed by atoms with E-state index in [0.29, 0.717) is 12.4 Å². The summed E-state index contributed by atoms with van der Waals surface area (Å²) in [4.78, 5) is 11.8. The minimum Gasteiger partial charge on any atom is -0.446 e.